The Balaban J connectivity index is 0.00000130. The smallest absolute Gasteiger partial charge is 0.275 e. The van der Waals surface area contributed by atoms with Gasteiger partial charge in [-0.1, -0.05) is 37.6 Å². The maximum absolute atomic E-state index is 13.4. The molecule has 1 aliphatic heterocycles. The summed E-state index contributed by atoms with van der Waals surface area (Å²) < 4.78 is 9.01. The summed E-state index contributed by atoms with van der Waals surface area (Å²) in [5.74, 6) is 0. The Morgan fingerprint density at radius 2 is 1.92 bits per heavy atom. The first kappa shape index (κ1) is 25.1. The van der Waals surface area contributed by atoms with Gasteiger partial charge < -0.3 is 4.74 Å². The van der Waals surface area contributed by atoms with Crippen LogP contribution in [0, 0.1) is 0 Å². The van der Waals surface area contributed by atoms with Gasteiger partial charge in [0, 0.05) is 39.1 Å². The van der Waals surface area contributed by atoms with Crippen molar-refractivity contribution >= 4 is 60.2 Å². The first-order valence-corrected chi connectivity index (χ1v) is 14.2. The monoisotopic (exact) mass is 537 g/mol. The van der Waals surface area contributed by atoms with Crippen LogP contribution in [0.4, 0.5) is 0 Å². The third kappa shape index (κ3) is 5.26. The second-order valence-corrected chi connectivity index (χ2v) is 11.1. The Bertz CT molecular complexity index is 1540. The van der Waals surface area contributed by atoms with Crippen molar-refractivity contribution in [2.24, 2.45) is 0 Å². The molecule has 4 heterocycles. The number of hydrogen-bond donors (Lipinski definition) is 0. The molecular weight excluding hydrogens is 510 g/mol. The van der Waals surface area contributed by atoms with E-state index < -0.39 is 0 Å². The predicted molar refractivity (Wildman–Crippen MR) is 154 cm³/mol. The highest BCUT2D eigenvalue weighted by molar-refractivity contribution is 7.20. The van der Waals surface area contributed by atoms with Gasteiger partial charge in [0.05, 0.1) is 24.4 Å². The summed E-state index contributed by atoms with van der Waals surface area (Å²) in [5.41, 5.74) is 2.66. The van der Waals surface area contributed by atoms with Crippen LogP contribution in [0.25, 0.3) is 31.6 Å². The number of thiophene rings is 2. The van der Waals surface area contributed by atoms with Crippen LogP contribution in [0.15, 0.2) is 70.8 Å². The Hall–Kier alpha value is -2.55. The molecule has 0 saturated carbocycles. The van der Waals surface area contributed by atoms with Crippen molar-refractivity contribution < 1.29 is 4.74 Å². The van der Waals surface area contributed by atoms with Gasteiger partial charge in [-0.05, 0) is 59.9 Å². The van der Waals surface area contributed by atoms with E-state index in [9.17, 15) is 4.79 Å². The molecule has 3 aromatic heterocycles. The molecule has 8 heteroatoms. The molecule has 0 N–H and O–H groups in total. The molecule has 1 fully saturated rings. The molecule has 1 aliphatic carbocycles. The maximum Gasteiger partial charge on any atom is 0.275 e. The summed E-state index contributed by atoms with van der Waals surface area (Å²) >= 11 is 9.43. The highest BCUT2D eigenvalue weighted by Gasteiger charge is 2.15. The van der Waals surface area contributed by atoms with Gasteiger partial charge in [0.1, 0.15) is 11.0 Å². The van der Waals surface area contributed by atoms with E-state index in [1.165, 1.54) is 20.9 Å². The van der Waals surface area contributed by atoms with E-state index in [-0.39, 0.29) is 5.56 Å². The minimum absolute atomic E-state index is 0.0392. The highest BCUT2D eigenvalue weighted by atomic mass is 35.5. The molecule has 4 aromatic rings. The van der Waals surface area contributed by atoms with Crippen molar-refractivity contribution in [2.45, 2.75) is 26.8 Å². The van der Waals surface area contributed by atoms with Gasteiger partial charge in [0.2, 0.25) is 0 Å². The molecule has 5 nitrogen and oxygen atoms in total. The molecule has 0 amide bonds. The number of nitrogens with zero attached hydrogens (tertiary/aromatic N) is 3. The topological polar surface area (TPSA) is 47.4 Å². The molecule has 0 bridgehead atoms. The summed E-state index contributed by atoms with van der Waals surface area (Å²) in [5, 5.41) is 1.86. The van der Waals surface area contributed by atoms with Crippen molar-refractivity contribution in [3.05, 3.63) is 86.1 Å². The fourth-order valence-electron chi connectivity index (χ4n) is 4.33. The summed E-state index contributed by atoms with van der Waals surface area (Å²) in [4.78, 5) is 22.8. The van der Waals surface area contributed by atoms with Crippen LogP contribution in [-0.2, 0) is 11.3 Å². The Morgan fingerprint density at radius 1 is 1.08 bits per heavy atom. The van der Waals surface area contributed by atoms with E-state index in [0.29, 0.717) is 9.73 Å². The average Bonchev–Trinajstić information content (AvgIpc) is 3.45. The molecule has 0 radical (unpaired) electrons. The number of hydrogen-bond acceptors (Lipinski definition) is 6. The van der Waals surface area contributed by atoms with Gasteiger partial charge in [-0.3, -0.25) is 14.3 Å². The van der Waals surface area contributed by atoms with Gasteiger partial charge in [-0.25, -0.2) is 4.98 Å². The Labute approximate surface area is 223 Å². The van der Waals surface area contributed by atoms with Crippen molar-refractivity contribution in [1.82, 2.24) is 14.5 Å². The van der Waals surface area contributed by atoms with Gasteiger partial charge in [0.15, 0.2) is 0 Å². The molecule has 0 unspecified atom stereocenters. The van der Waals surface area contributed by atoms with Crippen molar-refractivity contribution in [3.63, 3.8) is 0 Å². The number of rotatable bonds is 4. The maximum atomic E-state index is 13.4. The zero-order valence-corrected chi connectivity index (χ0v) is 22.8. The summed E-state index contributed by atoms with van der Waals surface area (Å²) in [7, 11) is 0. The Morgan fingerprint density at radius 3 is 2.75 bits per heavy atom. The Kier molecular flexibility index (Phi) is 7.84. The van der Waals surface area contributed by atoms with E-state index in [2.05, 4.69) is 28.1 Å². The minimum atomic E-state index is -0.0392. The molecule has 1 saturated heterocycles. The average molecular weight is 538 g/mol. The number of fused-ring (bicyclic) bond motifs is 2. The van der Waals surface area contributed by atoms with E-state index in [1.54, 1.807) is 10.9 Å². The standard InChI is InChI=1S/C26H22ClN3O2S2.C2H6/c27-19-3-1-2-17(4-5-19)24-14-22-25(34-24)26(31)30(16-28-22)20-6-7-23-18(12-20)13-21(33-23)15-29-8-10-32-11-9-29;1-2/h1,3-7,12-14,16H,2,8-11,15H2;1-2H3. The third-order valence-corrected chi connectivity index (χ3v) is 8.67. The minimum Gasteiger partial charge on any atom is -0.379 e. The van der Waals surface area contributed by atoms with Gasteiger partial charge in [-0.2, -0.15) is 0 Å². The second kappa shape index (κ2) is 11.2. The van der Waals surface area contributed by atoms with Crippen LogP contribution in [-0.4, -0.2) is 40.8 Å². The van der Waals surface area contributed by atoms with Crippen LogP contribution in [0.3, 0.4) is 0 Å². The van der Waals surface area contributed by atoms with Crippen LogP contribution >= 0.6 is 34.3 Å². The number of morpholine rings is 1. The summed E-state index contributed by atoms with van der Waals surface area (Å²) in [6.45, 7) is 8.49. The summed E-state index contributed by atoms with van der Waals surface area (Å²) in [6, 6.07) is 10.4. The van der Waals surface area contributed by atoms with Crippen LogP contribution in [0.2, 0.25) is 0 Å². The quantitative estimate of drug-likeness (QED) is 0.281. The lowest BCUT2D eigenvalue weighted by Crippen LogP contribution is -2.35. The number of allylic oxidation sites excluding steroid dienone is 6. The number of ether oxygens (including phenoxy) is 1. The molecule has 1 aromatic carbocycles. The first-order chi connectivity index (χ1) is 17.6. The molecule has 0 spiro atoms. The predicted octanol–water partition coefficient (Wildman–Crippen LogP) is 6.99. The molecule has 36 heavy (non-hydrogen) atoms. The first-order valence-electron chi connectivity index (χ1n) is 12.2. The fourth-order valence-corrected chi connectivity index (χ4v) is 6.65. The largest absolute Gasteiger partial charge is 0.379 e. The highest BCUT2D eigenvalue weighted by Crippen LogP contribution is 2.32. The van der Waals surface area contributed by atoms with E-state index >= 15 is 0 Å². The lowest BCUT2D eigenvalue weighted by atomic mass is 10.1. The van der Waals surface area contributed by atoms with Crippen LogP contribution in [0.1, 0.15) is 30.0 Å². The van der Waals surface area contributed by atoms with Crippen molar-refractivity contribution in [1.29, 1.82) is 0 Å². The van der Waals surface area contributed by atoms with Gasteiger partial charge in [0.25, 0.3) is 5.56 Å². The van der Waals surface area contributed by atoms with Gasteiger partial charge >= 0.3 is 0 Å². The van der Waals surface area contributed by atoms with E-state index in [1.807, 2.05) is 61.6 Å². The molecule has 2 aliphatic rings. The number of halogens is 1. The number of benzene rings is 1. The van der Waals surface area contributed by atoms with E-state index in [0.717, 1.165) is 66.3 Å². The molecule has 186 valence electrons. The summed E-state index contributed by atoms with van der Waals surface area (Å²) in [6.07, 6.45) is 10.3. The van der Waals surface area contributed by atoms with Crippen LogP contribution < -0.4 is 5.56 Å². The molecule has 6 rings (SSSR count). The van der Waals surface area contributed by atoms with Crippen molar-refractivity contribution in [2.75, 3.05) is 26.3 Å². The SMILES string of the molecule is CC.O=c1c2sc(C3=CC=C(Cl)C=CC3)cc2ncn1-c1ccc2sc(CN3CCOCC3)cc2c1. The van der Waals surface area contributed by atoms with E-state index in [4.69, 9.17) is 16.3 Å². The lowest BCUT2D eigenvalue weighted by molar-refractivity contribution is 0.0346. The fraction of sp³-hybridized carbons (Fsp3) is 0.286. The number of aromatic nitrogens is 2. The zero-order valence-electron chi connectivity index (χ0n) is 20.4. The zero-order chi connectivity index (χ0) is 25.1. The second-order valence-electron chi connectivity index (χ2n) is 8.42. The lowest BCUT2D eigenvalue weighted by Gasteiger charge is -2.25. The van der Waals surface area contributed by atoms with Gasteiger partial charge in [-0.15, -0.1) is 22.7 Å². The molecule has 0 atom stereocenters. The third-order valence-electron chi connectivity index (χ3n) is 6.13. The normalized spacial score (nSPS) is 16.4. The van der Waals surface area contributed by atoms with Crippen LogP contribution in [0.5, 0.6) is 0 Å². The van der Waals surface area contributed by atoms with Crippen molar-refractivity contribution in [3.8, 4) is 5.69 Å². The molecular formula is C28H28ClN3O2S2.